The molecule has 0 spiro atoms. The lowest BCUT2D eigenvalue weighted by atomic mass is 10.1. The average Bonchev–Trinajstić information content (AvgIpc) is 3.23. The summed E-state index contributed by atoms with van der Waals surface area (Å²) < 4.78 is 18.4. The standard InChI is InChI=1S/C24H27N3O4/c1-16-13-26(14-17(2)31-16)24(28)20-15-27(19-8-6-5-7-9-19)25-23(20)18-10-11-21(29-3)22(12-18)30-4/h5-12,15-17H,13-14H2,1-4H3/t16-,17-/m0/s1. The molecule has 1 aliphatic rings. The molecule has 0 saturated carbocycles. The third-order valence-electron chi connectivity index (χ3n) is 5.33. The van der Waals surface area contributed by atoms with Gasteiger partial charge in [0.1, 0.15) is 5.69 Å². The Morgan fingerprint density at radius 3 is 2.32 bits per heavy atom. The van der Waals surface area contributed by atoms with Gasteiger partial charge in [-0.3, -0.25) is 4.79 Å². The van der Waals surface area contributed by atoms with Gasteiger partial charge in [0.05, 0.1) is 37.7 Å². The molecule has 2 aromatic carbocycles. The van der Waals surface area contributed by atoms with Crippen LogP contribution in [0, 0.1) is 0 Å². The van der Waals surface area contributed by atoms with Gasteiger partial charge in [-0.25, -0.2) is 4.68 Å². The number of rotatable bonds is 5. The van der Waals surface area contributed by atoms with Crippen molar-refractivity contribution in [3.8, 4) is 28.4 Å². The Morgan fingerprint density at radius 1 is 1.00 bits per heavy atom. The highest BCUT2D eigenvalue weighted by Gasteiger charge is 2.30. The number of para-hydroxylation sites is 1. The maximum atomic E-state index is 13.6. The van der Waals surface area contributed by atoms with Crippen molar-refractivity contribution in [2.24, 2.45) is 0 Å². The van der Waals surface area contributed by atoms with Gasteiger partial charge in [0.25, 0.3) is 5.91 Å². The fourth-order valence-corrected chi connectivity index (χ4v) is 3.95. The van der Waals surface area contributed by atoms with E-state index >= 15 is 0 Å². The van der Waals surface area contributed by atoms with E-state index in [4.69, 9.17) is 19.3 Å². The predicted molar refractivity (Wildman–Crippen MR) is 118 cm³/mol. The Morgan fingerprint density at radius 2 is 1.68 bits per heavy atom. The molecule has 0 N–H and O–H groups in total. The van der Waals surface area contributed by atoms with Crippen LogP contribution in [0.5, 0.6) is 11.5 Å². The van der Waals surface area contributed by atoms with E-state index in [1.807, 2.05) is 67.3 Å². The zero-order valence-corrected chi connectivity index (χ0v) is 18.2. The van der Waals surface area contributed by atoms with E-state index in [2.05, 4.69) is 0 Å². The molecule has 1 amide bonds. The molecule has 0 unspecified atom stereocenters. The van der Waals surface area contributed by atoms with Crippen molar-refractivity contribution in [2.45, 2.75) is 26.1 Å². The minimum absolute atomic E-state index is 0.0126. The van der Waals surface area contributed by atoms with Crippen LogP contribution < -0.4 is 9.47 Å². The summed E-state index contributed by atoms with van der Waals surface area (Å²) in [6.45, 7) is 5.06. The third kappa shape index (κ3) is 4.27. The molecule has 1 fully saturated rings. The molecule has 1 saturated heterocycles. The Kier molecular flexibility index (Phi) is 5.95. The Labute approximate surface area is 182 Å². The van der Waals surface area contributed by atoms with E-state index in [1.165, 1.54) is 0 Å². The minimum Gasteiger partial charge on any atom is -0.493 e. The van der Waals surface area contributed by atoms with Crippen LogP contribution in [0.2, 0.25) is 0 Å². The fourth-order valence-electron chi connectivity index (χ4n) is 3.95. The molecule has 162 valence electrons. The van der Waals surface area contributed by atoms with E-state index in [9.17, 15) is 4.79 Å². The van der Waals surface area contributed by atoms with Gasteiger partial charge in [0.2, 0.25) is 0 Å². The van der Waals surface area contributed by atoms with Gasteiger partial charge in [-0.15, -0.1) is 0 Å². The molecular formula is C24H27N3O4. The van der Waals surface area contributed by atoms with Crippen molar-refractivity contribution in [3.63, 3.8) is 0 Å². The van der Waals surface area contributed by atoms with Crippen LogP contribution in [0.3, 0.4) is 0 Å². The third-order valence-corrected chi connectivity index (χ3v) is 5.33. The molecule has 3 aromatic rings. The number of hydrogen-bond acceptors (Lipinski definition) is 5. The van der Waals surface area contributed by atoms with Crippen molar-refractivity contribution in [1.82, 2.24) is 14.7 Å². The largest absolute Gasteiger partial charge is 0.493 e. The van der Waals surface area contributed by atoms with Gasteiger partial charge in [0.15, 0.2) is 11.5 Å². The highest BCUT2D eigenvalue weighted by molar-refractivity contribution is 6.00. The molecule has 7 nitrogen and oxygen atoms in total. The summed E-state index contributed by atoms with van der Waals surface area (Å²) in [5.74, 6) is 1.15. The minimum atomic E-state index is -0.0611. The number of morpholine rings is 1. The molecule has 0 aliphatic carbocycles. The van der Waals surface area contributed by atoms with Gasteiger partial charge in [-0.2, -0.15) is 5.10 Å². The summed E-state index contributed by atoms with van der Waals surface area (Å²) in [7, 11) is 3.18. The maximum Gasteiger partial charge on any atom is 0.257 e. The first-order chi connectivity index (χ1) is 15.0. The van der Waals surface area contributed by atoms with Crippen LogP contribution in [-0.2, 0) is 4.74 Å². The molecule has 4 rings (SSSR count). The van der Waals surface area contributed by atoms with E-state index in [1.54, 1.807) is 25.1 Å². The summed E-state index contributed by atoms with van der Waals surface area (Å²) in [5, 5.41) is 4.78. The first-order valence-corrected chi connectivity index (χ1v) is 10.3. The monoisotopic (exact) mass is 421 g/mol. The topological polar surface area (TPSA) is 65.8 Å². The van der Waals surface area contributed by atoms with Gasteiger partial charge in [0, 0.05) is 24.8 Å². The molecule has 2 heterocycles. The van der Waals surface area contributed by atoms with Crippen molar-refractivity contribution in [3.05, 3.63) is 60.3 Å². The summed E-state index contributed by atoms with van der Waals surface area (Å²) in [4.78, 5) is 15.4. The first-order valence-electron chi connectivity index (χ1n) is 10.3. The zero-order valence-electron chi connectivity index (χ0n) is 18.2. The molecule has 0 radical (unpaired) electrons. The van der Waals surface area contributed by atoms with Crippen LogP contribution in [0.25, 0.3) is 16.9 Å². The molecule has 7 heteroatoms. The van der Waals surface area contributed by atoms with Crippen molar-refractivity contribution < 1.29 is 19.0 Å². The predicted octanol–water partition coefficient (Wildman–Crippen LogP) is 3.81. The van der Waals surface area contributed by atoms with Gasteiger partial charge < -0.3 is 19.1 Å². The zero-order chi connectivity index (χ0) is 22.0. The number of nitrogens with zero attached hydrogens (tertiary/aromatic N) is 3. The smallest absolute Gasteiger partial charge is 0.257 e. The number of carbonyl (C=O) groups is 1. The molecular weight excluding hydrogens is 394 g/mol. The maximum absolute atomic E-state index is 13.6. The van der Waals surface area contributed by atoms with E-state index in [-0.39, 0.29) is 18.1 Å². The van der Waals surface area contributed by atoms with Crippen molar-refractivity contribution >= 4 is 5.91 Å². The number of ether oxygens (including phenoxy) is 3. The Hall–Kier alpha value is -3.32. The van der Waals surface area contributed by atoms with Gasteiger partial charge >= 0.3 is 0 Å². The fraction of sp³-hybridized carbons (Fsp3) is 0.333. The first kappa shape index (κ1) is 20.9. The lowest BCUT2D eigenvalue weighted by Gasteiger charge is -2.35. The second-order valence-corrected chi connectivity index (χ2v) is 7.71. The normalized spacial score (nSPS) is 18.6. The molecule has 2 atom stereocenters. The molecule has 1 aliphatic heterocycles. The molecule has 31 heavy (non-hydrogen) atoms. The average molecular weight is 421 g/mol. The number of amides is 1. The number of methoxy groups -OCH3 is 2. The van der Waals surface area contributed by atoms with Crippen LogP contribution in [0.15, 0.2) is 54.7 Å². The number of aromatic nitrogens is 2. The summed E-state index contributed by atoms with van der Waals surface area (Å²) >= 11 is 0. The highest BCUT2D eigenvalue weighted by Crippen LogP contribution is 2.34. The quantitative estimate of drug-likeness (QED) is 0.627. The van der Waals surface area contributed by atoms with Crippen LogP contribution in [-0.4, -0.2) is 60.1 Å². The van der Waals surface area contributed by atoms with Gasteiger partial charge in [-0.05, 0) is 44.2 Å². The van der Waals surface area contributed by atoms with E-state index in [0.29, 0.717) is 35.8 Å². The van der Waals surface area contributed by atoms with Gasteiger partial charge in [-0.1, -0.05) is 18.2 Å². The summed E-state index contributed by atoms with van der Waals surface area (Å²) in [6, 6.07) is 15.3. The number of hydrogen-bond donors (Lipinski definition) is 0. The van der Waals surface area contributed by atoms with Crippen LogP contribution >= 0.6 is 0 Å². The lowest BCUT2D eigenvalue weighted by Crippen LogP contribution is -2.48. The van der Waals surface area contributed by atoms with Crippen LogP contribution in [0.1, 0.15) is 24.2 Å². The number of carbonyl (C=O) groups excluding carboxylic acids is 1. The molecule has 0 bridgehead atoms. The molecule has 1 aromatic heterocycles. The number of benzene rings is 2. The highest BCUT2D eigenvalue weighted by atomic mass is 16.5. The summed E-state index contributed by atoms with van der Waals surface area (Å²) in [5.41, 5.74) is 2.80. The Balaban J connectivity index is 1.80. The second-order valence-electron chi connectivity index (χ2n) is 7.71. The Bertz CT molecular complexity index is 1050. The van der Waals surface area contributed by atoms with Crippen molar-refractivity contribution in [2.75, 3.05) is 27.3 Å². The summed E-state index contributed by atoms with van der Waals surface area (Å²) in [6.07, 6.45) is 1.77. The SMILES string of the molecule is COc1ccc(-c2nn(-c3ccccc3)cc2C(=O)N2C[C@H](C)O[C@@H](C)C2)cc1OC. The second kappa shape index (κ2) is 8.81. The van der Waals surface area contributed by atoms with Crippen LogP contribution in [0.4, 0.5) is 0 Å². The van der Waals surface area contributed by atoms with Crippen molar-refractivity contribution in [1.29, 1.82) is 0 Å². The van der Waals surface area contributed by atoms with E-state index < -0.39 is 0 Å². The van der Waals surface area contributed by atoms with E-state index in [0.717, 1.165) is 11.3 Å². The lowest BCUT2D eigenvalue weighted by molar-refractivity contribution is -0.0586.